The quantitative estimate of drug-likeness (QED) is 0.212. The molecule has 0 bridgehead atoms. The molecule has 2 N–H and O–H groups in total. The van der Waals surface area contributed by atoms with Crippen molar-refractivity contribution >= 4 is 40.5 Å². The monoisotopic (exact) mass is 715 g/mol. The zero-order valence-corrected chi connectivity index (χ0v) is 31.2. The lowest BCUT2D eigenvalue weighted by molar-refractivity contribution is -0.111. The van der Waals surface area contributed by atoms with Gasteiger partial charge in [-0.3, -0.25) is 19.4 Å². The number of carbonyl (C=O) groups is 2. The molecule has 2 amide bonds. The Morgan fingerprint density at radius 3 is 2.62 bits per heavy atom. The average Bonchev–Trinajstić information content (AvgIpc) is 3.65. The first-order chi connectivity index (χ1) is 25.6. The largest absolute Gasteiger partial charge is 0.381 e. The molecule has 1 aromatic carbocycles. The number of rotatable bonds is 8. The van der Waals surface area contributed by atoms with E-state index in [1.165, 1.54) is 17.3 Å². The molecule has 1 aliphatic carbocycles. The Bertz CT molecular complexity index is 2070. The molecular weight excluding hydrogens is 667 g/mol. The molecule has 6 heterocycles. The topological polar surface area (TPSA) is 121 Å². The van der Waals surface area contributed by atoms with Crippen molar-refractivity contribution in [2.45, 2.75) is 72.0 Å². The molecule has 3 aromatic heterocycles. The Hall–Kier alpha value is -5.07. The number of aromatic nitrogens is 4. The molecule has 4 aromatic rings. The summed E-state index contributed by atoms with van der Waals surface area (Å²) < 4.78 is 7.82. The minimum absolute atomic E-state index is 0.0223. The highest BCUT2D eigenvalue weighted by Gasteiger charge is 2.37. The molecule has 2 fully saturated rings. The zero-order chi connectivity index (χ0) is 36.9. The summed E-state index contributed by atoms with van der Waals surface area (Å²) in [5.74, 6) is 1.47. The third-order valence-electron chi connectivity index (χ3n) is 11.3. The predicted molar refractivity (Wildman–Crippen MR) is 208 cm³/mol. The number of nitrogens with one attached hydrogen (secondary N) is 2. The van der Waals surface area contributed by atoms with E-state index in [2.05, 4.69) is 74.5 Å². The summed E-state index contributed by atoms with van der Waals surface area (Å²) >= 11 is 0. The maximum Gasteiger partial charge on any atom is 0.276 e. The molecule has 1 atom stereocenters. The number of piperazine rings is 1. The van der Waals surface area contributed by atoms with Crippen LogP contribution in [0.5, 0.6) is 0 Å². The van der Waals surface area contributed by atoms with Crippen LogP contribution in [0.1, 0.15) is 60.9 Å². The van der Waals surface area contributed by atoms with Crippen molar-refractivity contribution in [2.75, 3.05) is 59.8 Å². The minimum Gasteiger partial charge on any atom is -0.381 e. The summed E-state index contributed by atoms with van der Waals surface area (Å²) in [6.07, 6.45) is 8.88. The van der Waals surface area contributed by atoms with E-state index in [0.717, 1.165) is 93.3 Å². The lowest BCUT2D eigenvalue weighted by Crippen LogP contribution is -2.56. The van der Waals surface area contributed by atoms with Crippen molar-refractivity contribution in [3.63, 3.8) is 0 Å². The van der Waals surface area contributed by atoms with Crippen molar-refractivity contribution in [1.82, 2.24) is 24.4 Å². The van der Waals surface area contributed by atoms with Crippen molar-refractivity contribution in [3.05, 3.63) is 84.0 Å². The van der Waals surface area contributed by atoms with Crippen molar-refractivity contribution in [1.29, 1.82) is 0 Å². The fourth-order valence-electron chi connectivity index (χ4n) is 8.73. The van der Waals surface area contributed by atoms with Crippen LogP contribution in [0.3, 0.4) is 0 Å². The van der Waals surface area contributed by atoms with Crippen molar-refractivity contribution < 1.29 is 14.3 Å². The van der Waals surface area contributed by atoms with E-state index in [4.69, 9.17) is 9.72 Å². The third-order valence-corrected chi connectivity index (χ3v) is 11.3. The molecule has 0 spiro atoms. The number of ether oxygens (including phenoxy) is 1. The molecule has 53 heavy (non-hydrogen) atoms. The molecule has 12 heteroatoms. The summed E-state index contributed by atoms with van der Waals surface area (Å²) in [4.78, 5) is 47.4. The number of benzene rings is 1. The van der Waals surface area contributed by atoms with Crippen LogP contribution in [0.15, 0.2) is 61.4 Å². The van der Waals surface area contributed by atoms with Gasteiger partial charge in [0.2, 0.25) is 5.91 Å². The minimum atomic E-state index is -0.265. The molecule has 12 nitrogen and oxygen atoms in total. The fraction of sp³-hybridized carbons (Fsp3) is 0.439. The highest BCUT2D eigenvalue weighted by molar-refractivity contribution is 6.06. The second-order valence-electron chi connectivity index (χ2n) is 15.6. The fourth-order valence-corrected chi connectivity index (χ4v) is 8.73. The first kappa shape index (κ1) is 35.0. The predicted octanol–water partition coefficient (Wildman–Crippen LogP) is 5.99. The van der Waals surface area contributed by atoms with E-state index >= 15 is 0 Å². The van der Waals surface area contributed by atoms with Gasteiger partial charge in [0.15, 0.2) is 5.82 Å². The molecule has 276 valence electrons. The number of hydrogen-bond donors (Lipinski definition) is 2. The van der Waals surface area contributed by atoms with E-state index in [-0.39, 0.29) is 23.3 Å². The van der Waals surface area contributed by atoms with Gasteiger partial charge in [0.1, 0.15) is 17.3 Å². The van der Waals surface area contributed by atoms with Crippen LogP contribution < -0.4 is 20.4 Å². The van der Waals surface area contributed by atoms with E-state index in [0.29, 0.717) is 35.7 Å². The average molecular weight is 716 g/mol. The van der Waals surface area contributed by atoms with Gasteiger partial charge in [-0.25, -0.2) is 15.0 Å². The zero-order valence-electron chi connectivity index (χ0n) is 31.2. The number of carbonyl (C=O) groups excluding carboxylic acids is 2. The van der Waals surface area contributed by atoms with Gasteiger partial charge in [-0.15, -0.1) is 0 Å². The Balaban J connectivity index is 1.01. The van der Waals surface area contributed by atoms with Crippen LogP contribution >= 0.6 is 0 Å². The highest BCUT2D eigenvalue weighted by Crippen LogP contribution is 2.40. The summed E-state index contributed by atoms with van der Waals surface area (Å²) in [5, 5.41) is 6.47. The molecular formula is C41H49N9O3. The third kappa shape index (κ3) is 6.81. The maximum atomic E-state index is 13.9. The molecule has 8 rings (SSSR count). The maximum absolute atomic E-state index is 13.9. The second-order valence-corrected chi connectivity index (χ2v) is 15.6. The number of amides is 2. The number of anilines is 5. The molecule has 0 radical (unpaired) electrons. The lowest BCUT2D eigenvalue weighted by atomic mass is 9.90. The van der Waals surface area contributed by atoms with Crippen LogP contribution in [-0.4, -0.2) is 87.7 Å². The number of nitrogens with zero attached hydrogens (tertiary/aromatic N) is 7. The Labute approximate surface area is 311 Å². The van der Waals surface area contributed by atoms with Gasteiger partial charge in [-0.05, 0) is 93.0 Å². The Kier molecular flexibility index (Phi) is 9.28. The van der Waals surface area contributed by atoms with Gasteiger partial charge < -0.3 is 24.8 Å². The smallest absolute Gasteiger partial charge is 0.276 e. The van der Waals surface area contributed by atoms with E-state index in [9.17, 15) is 9.59 Å². The van der Waals surface area contributed by atoms with Gasteiger partial charge >= 0.3 is 0 Å². The van der Waals surface area contributed by atoms with Gasteiger partial charge in [0.05, 0.1) is 11.4 Å². The van der Waals surface area contributed by atoms with Crippen LogP contribution in [-0.2, 0) is 28.9 Å². The van der Waals surface area contributed by atoms with Gasteiger partial charge in [-0.1, -0.05) is 20.4 Å². The lowest BCUT2D eigenvalue weighted by Gasteiger charge is -2.45. The van der Waals surface area contributed by atoms with Gasteiger partial charge in [0.25, 0.3) is 5.91 Å². The highest BCUT2D eigenvalue weighted by atomic mass is 16.5. The normalized spacial score (nSPS) is 20.2. The standard InChI is InChI=1S/C41H49N9O3/c1-6-37(51)45-32-22-29(7-8-33(32)48-16-15-47(25-26(48)2)30-11-19-53-20-12-30)44-36-10-14-42-38(46-36)31-9-13-43-39(27(31)3)50-18-17-49-34(40(50)52)21-28-23-41(4,5)24-35(28)49/h6-10,13-14,21-22,26,30H,1,11-12,15-20,23-25H2,2-5H3,(H,45,51)(H,42,44,46). The molecule has 3 aliphatic heterocycles. The van der Waals surface area contributed by atoms with E-state index < -0.39 is 0 Å². The van der Waals surface area contributed by atoms with Crippen LogP contribution in [0, 0.1) is 12.3 Å². The summed E-state index contributed by atoms with van der Waals surface area (Å²) in [6, 6.07) is 12.7. The van der Waals surface area contributed by atoms with E-state index in [1.54, 1.807) is 17.3 Å². The number of pyridine rings is 1. The summed E-state index contributed by atoms with van der Waals surface area (Å²) in [5.41, 5.74) is 7.68. The summed E-state index contributed by atoms with van der Waals surface area (Å²) in [6.45, 7) is 18.2. The Morgan fingerprint density at radius 2 is 1.83 bits per heavy atom. The van der Waals surface area contributed by atoms with Crippen LogP contribution in [0.4, 0.5) is 28.7 Å². The number of fused-ring (bicyclic) bond motifs is 3. The van der Waals surface area contributed by atoms with Crippen LogP contribution in [0.25, 0.3) is 11.4 Å². The molecule has 0 saturated carbocycles. The first-order valence-electron chi connectivity index (χ1n) is 18.8. The second kappa shape index (κ2) is 14.1. The SMILES string of the molecule is C=CC(=O)Nc1cc(Nc2ccnc(-c3ccnc(N4CCn5c(cc6c5CC(C)(C)C6)C4=O)c3C)n2)ccc1N1CCN(C2CCOCC2)CC1C. The Morgan fingerprint density at radius 1 is 1.02 bits per heavy atom. The number of hydrogen-bond acceptors (Lipinski definition) is 9. The first-order valence-corrected chi connectivity index (χ1v) is 18.8. The molecule has 2 saturated heterocycles. The van der Waals surface area contributed by atoms with Gasteiger partial charge in [0, 0.05) is 92.9 Å². The van der Waals surface area contributed by atoms with Crippen LogP contribution in [0.2, 0.25) is 0 Å². The summed E-state index contributed by atoms with van der Waals surface area (Å²) in [7, 11) is 0. The molecule has 1 unspecified atom stereocenters. The van der Waals surface area contributed by atoms with Crippen molar-refractivity contribution in [2.24, 2.45) is 5.41 Å². The molecule has 4 aliphatic rings. The van der Waals surface area contributed by atoms with Gasteiger partial charge in [-0.2, -0.15) is 0 Å². The van der Waals surface area contributed by atoms with Crippen molar-refractivity contribution in [3.8, 4) is 11.4 Å². The van der Waals surface area contributed by atoms with E-state index in [1.807, 2.05) is 31.2 Å².